The highest BCUT2D eigenvalue weighted by atomic mass is 16.5. The molecule has 7 aromatic rings. The summed E-state index contributed by atoms with van der Waals surface area (Å²) < 4.78 is 11.1. The largest absolute Gasteiger partial charge is 0.465 e. The molecule has 8 rings (SSSR count). The second-order valence-electron chi connectivity index (χ2n) is 21.4. The van der Waals surface area contributed by atoms with Crippen molar-refractivity contribution >= 4 is 45.8 Å². The van der Waals surface area contributed by atoms with Gasteiger partial charge in [-0.25, -0.2) is 14.8 Å². The zero-order valence-electron chi connectivity index (χ0n) is 46.0. The summed E-state index contributed by atoms with van der Waals surface area (Å²) in [5.74, 6) is -0.838. The molecule has 3 N–H and O–H groups in total. The maximum atomic E-state index is 13.9. The second-order valence-corrected chi connectivity index (χ2v) is 21.4. The molecule has 4 heterocycles. The molecule has 78 heavy (non-hydrogen) atoms. The predicted molar refractivity (Wildman–Crippen MR) is 305 cm³/mol. The van der Waals surface area contributed by atoms with E-state index in [0.717, 1.165) is 27.9 Å². The standard InChI is InChI=1S/C62H73N9O7/c1-42(45-15-10-8-11-16-45)63-56(72)39-69-31-29-68(38-50-19-14-20-53(66-50)54-27-26-51-59(75)52-37-49(62(4,5)6)25-28-55(52)78-60(51)67-54)30-32-70(40-57(73)64-43(2)46-17-12-9-13-18-46)34-36-71(35-33-69)41-58(74)65-44(3)47-21-23-48(24-22-47)61(76)77-7/h8-28,37,42-44H,29-36,38-41H2,1-7H3,(H,63,72)(H,64,73)(H,65,74). The van der Waals surface area contributed by atoms with Crippen LogP contribution in [0.15, 0.2) is 143 Å². The number of nitrogens with zero attached hydrogens (tertiary/aromatic N) is 6. The van der Waals surface area contributed by atoms with Gasteiger partial charge in [0, 0.05) is 58.9 Å². The Kier molecular flexibility index (Phi) is 19.0. The van der Waals surface area contributed by atoms with E-state index in [9.17, 15) is 24.0 Å². The van der Waals surface area contributed by atoms with Gasteiger partial charge in [-0.3, -0.25) is 38.8 Å². The lowest BCUT2D eigenvalue weighted by Crippen LogP contribution is -2.50. The number of esters is 1. The number of carbonyl (C=O) groups excluding carboxylic acids is 4. The number of fused-ring (bicyclic) bond motifs is 2. The molecule has 3 aromatic heterocycles. The molecule has 0 bridgehead atoms. The summed E-state index contributed by atoms with van der Waals surface area (Å²) in [5.41, 5.74) is 6.75. The molecule has 3 atom stereocenters. The van der Waals surface area contributed by atoms with Crippen LogP contribution in [0.25, 0.3) is 33.5 Å². The van der Waals surface area contributed by atoms with Crippen molar-refractivity contribution in [2.45, 2.75) is 71.6 Å². The van der Waals surface area contributed by atoms with Gasteiger partial charge in [0.25, 0.3) is 0 Å². The van der Waals surface area contributed by atoms with E-state index in [4.69, 9.17) is 19.1 Å². The van der Waals surface area contributed by atoms with E-state index in [1.165, 1.54) is 7.11 Å². The van der Waals surface area contributed by atoms with Crippen molar-refractivity contribution in [3.63, 3.8) is 0 Å². The molecule has 1 saturated heterocycles. The van der Waals surface area contributed by atoms with Gasteiger partial charge in [-0.05, 0) is 97.0 Å². The number of ether oxygens (including phenoxy) is 1. The minimum Gasteiger partial charge on any atom is -0.465 e. The van der Waals surface area contributed by atoms with Gasteiger partial charge in [0.15, 0.2) is 0 Å². The summed E-state index contributed by atoms with van der Waals surface area (Å²) in [6, 6.07) is 41.1. The molecule has 16 heteroatoms. The van der Waals surface area contributed by atoms with E-state index in [0.29, 0.717) is 92.2 Å². The smallest absolute Gasteiger partial charge is 0.337 e. The van der Waals surface area contributed by atoms with Crippen LogP contribution in [0.4, 0.5) is 0 Å². The lowest BCUT2D eigenvalue weighted by Gasteiger charge is -2.34. The Bertz CT molecular complexity index is 3160. The molecule has 0 radical (unpaired) electrons. The highest BCUT2D eigenvalue weighted by Gasteiger charge is 2.24. The normalized spacial score (nSPS) is 15.8. The zero-order valence-corrected chi connectivity index (χ0v) is 46.0. The Hall–Kier alpha value is -7.63. The number of rotatable bonds is 16. The first-order valence-corrected chi connectivity index (χ1v) is 26.9. The molecule has 0 spiro atoms. The van der Waals surface area contributed by atoms with Crippen LogP contribution in [-0.4, -0.2) is 132 Å². The Morgan fingerprint density at radius 3 is 1.51 bits per heavy atom. The summed E-state index contributed by atoms with van der Waals surface area (Å²) in [5, 5.41) is 10.4. The van der Waals surface area contributed by atoms with Crippen molar-refractivity contribution in [2.24, 2.45) is 0 Å². The molecular weight excluding hydrogens is 983 g/mol. The molecule has 0 saturated carbocycles. The third-order valence-corrected chi connectivity index (χ3v) is 14.5. The highest BCUT2D eigenvalue weighted by molar-refractivity contribution is 5.90. The Labute approximate surface area is 457 Å². The van der Waals surface area contributed by atoms with Crippen LogP contribution < -0.4 is 21.4 Å². The summed E-state index contributed by atoms with van der Waals surface area (Å²) in [7, 11) is 1.34. The zero-order chi connectivity index (χ0) is 55.3. The maximum Gasteiger partial charge on any atom is 0.337 e. The van der Waals surface area contributed by atoms with Crippen molar-refractivity contribution in [2.75, 3.05) is 79.1 Å². The van der Waals surface area contributed by atoms with Gasteiger partial charge in [-0.15, -0.1) is 0 Å². The van der Waals surface area contributed by atoms with Crippen molar-refractivity contribution in [1.29, 1.82) is 0 Å². The number of nitrogens with one attached hydrogen (secondary N) is 3. The minimum absolute atomic E-state index is 0.0853. The number of carbonyl (C=O) groups is 4. The number of methoxy groups -OCH3 is 1. The van der Waals surface area contributed by atoms with E-state index >= 15 is 0 Å². The average Bonchev–Trinajstić information content (AvgIpc) is 3.47. The summed E-state index contributed by atoms with van der Waals surface area (Å²) in [6.45, 7) is 17.1. The van der Waals surface area contributed by atoms with Gasteiger partial charge in [-0.2, -0.15) is 0 Å². The minimum atomic E-state index is -0.434. The molecule has 1 aliphatic heterocycles. The molecule has 16 nitrogen and oxygen atoms in total. The summed E-state index contributed by atoms with van der Waals surface area (Å²) in [6.07, 6.45) is 0. The van der Waals surface area contributed by atoms with Crippen molar-refractivity contribution < 1.29 is 28.3 Å². The van der Waals surface area contributed by atoms with Crippen molar-refractivity contribution in [1.82, 2.24) is 45.5 Å². The first-order chi connectivity index (χ1) is 37.5. The van der Waals surface area contributed by atoms with Crippen LogP contribution in [-0.2, 0) is 31.1 Å². The topological polar surface area (TPSA) is 183 Å². The van der Waals surface area contributed by atoms with Crippen LogP contribution in [0, 0.1) is 0 Å². The fourth-order valence-electron chi connectivity index (χ4n) is 9.73. The van der Waals surface area contributed by atoms with E-state index in [1.54, 1.807) is 30.3 Å². The van der Waals surface area contributed by atoms with Gasteiger partial charge in [-0.1, -0.05) is 106 Å². The SMILES string of the molecule is COC(=O)c1ccc(C(C)NC(=O)CN2CCN(CC(=O)NC(C)c3ccccc3)CCN(Cc3cccc(-c4ccc5c(=O)c6cc(C(C)(C)C)ccc6oc5n4)n3)CCN(CC(=O)NC(C)c3ccccc3)CC2)cc1. The average molecular weight is 1060 g/mol. The molecule has 0 aliphatic carbocycles. The van der Waals surface area contributed by atoms with Gasteiger partial charge in [0.1, 0.15) is 5.58 Å². The van der Waals surface area contributed by atoms with Gasteiger partial charge >= 0.3 is 5.97 Å². The quantitative estimate of drug-likeness (QED) is 0.0630. The van der Waals surface area contributed by atoms with Gasteiger partial charge < -0.3 is 25.1 Å². The third kappa shape index (κ3) is 15.3. The predicted octanol–water partition coefficient (Wildman–Crippen LogP) is 7.84. The van der Waals surface area contributed by atoms with E-state index in [1.807, 2.05) is 124 Å². The lowest BCUT2D eigenvalue weighted by molar-refractivity contribution is -0.125. The number of pyridine rings is 2. The first kappa shape index (κ1) is 56.6. The number of benzene rings is 4. The summed E-state index contributed by atoms with van der Waals surface area (Å²) in [4.78, 5) is 86.1. The van der Waals surface area contributed by atoms with Crippen LogP contribution >= 0.6 is 0 Å². The van der Waals surface area contributed by atoms with Crippen LogP contribution in [0.5, 0.6) is 0 Å². The van der Waals surface area contributed by atoms with Crippen LogP contribution in [0.1, 0.15) is 98.0 Å². The number of hydrogen-bond donors (Lipinski definition) is 3. The highest BCUT2D eigenvalue weighted by Crippen LogP contribution is 2.28. The number of hydrogen-bond acceptors (Lipinski definition) is 13. The molecule has 408 valence electrons. The van der Waals surface area contributed by atoms with Crippen LogP contribution in [0.2, 0.25) is 0 Å². The van der Waals surface area contributed by atoms with E-state index < -0.39 is 5.97 Å². The Morgan fingerprint density at radius 1 is 0.551 bits per heavy atom. The second kappa shape index (κ2) is 26.1. The first-order valence-electron chi connectivity index (χ1n) is 26.9. The molecule has 4 aromatic carbocycles. The molecular formula is C62H73N9O7. The van der Waals surface area contributed by atoms with Gasteiger partial charge in [0.2, 0.25) is 28.9 Å². The molecule has 1 aliphatic rings. The monoisotopic (exact) mass is 1060 g/mol. The van der Waals surface area contributed by atoms with E-state index in [-0.39, 0.29) is 72.0 Å². The molecule has 3 amide bonds. The molecule has 1 fully saturated rings. The molecule has 3 unspecified atom stereocenters. The third-order valence-electron chi connectivity index (χ3n) is 14.5. The lowest BCUT2D eigenvalue weighted by atomic mass is 9.86. The van der Waals surface area contributed by atoms with Crippen LogP contribution in [0.3, 0.4) is 0 Å². The Morgan fingerprint density at radius 2 is 1.03 bits per heavy atom. The summed E-state index contributed by atoms with van der Waals surface area (Å²) >= 11 is 0. The van der Waals surface area contributed by atoms with E-state index in [2.05, 4.69) is 56.3 Å². The number of aromatic nitrogens is 2. The Balaban J connectivity index is 1.03. The van der Waals surface area contributed by atoms with Crippen molar-refractivity contribution in [3.05, 3.63) is 177 Å². The fourth-order valence-corrected chi connectivity index (χ4v) is 9.73. The fraction of sp³-hybridized carbons (Fsp3) is 0.371. The van der Waals surface area contributed by atoms with Gasteiger partial charge in [0.05, 0.1) is 78.3 Å². The number of amides is 3. The maximum absolute atomic E-state index is 13.9. The van der Waals surface area contributed by atoms with Crippen molar-refractivity contribution in [3.8, 4) is 11.4 Å².